The van der Waals surface area contributed by atoms with E-state index in [1.165, 1.54) is 0 Å². The molecular formula is C6H10ClF3O4S2. The fraction of sp³-hybridized carbons (Fsp3) is 1.00. The molecule has 98 valence electrons. The van der Waals surface area contributed by atoms with E-state index in [1.54, 1.807) is 0 Å². The molecule has 0 aliphatic rings. The van der Waals surface area contributed by atoms with Crippen molar-refractivity contribution in [3.63, 3.8) is 0 Å². The zero-order valence-corrected chi connectivity index (χ0v) is 10.4. The normalized spacial score (nSPS) is 14.0. The summed E-state index contributed by atoms with van der Waals surface area (Å²) in [6.45, 7) is 0. The number of halogens is 4. The predicted octanol–water partition coefficient (Wildman–Crippen LogP) is 1.31. The molecule has 10 heteroatoms. The average molecular weight is 303 g/mol. The third kappa shape index (κ3) is 5.35. The number of alkyl halides is 4. The summed E-state index contributed by atoms with van der Waals surface area (Å²) in [6, 6.07) is 0. The Hall–Kier alpha value is -0.0200. The lowest BCUT2D eigenvalue weighted by atomic mass is 10.5. The van der Waals surface area contributed by atoms with Crippen LogP contribution in [0.4, 0.5) is 13.2 Å². The first kappa shape index (κ1) is 16.0. The monoisotopic (exact) mass is 302 g/mol. The van der Waals surface area contributed by atoms with Crippen LogP contribution in [0.5, 0.6) is 0 Å². The molecule has 0 spiro atoms. The predicted molar refractivity (Wildman–Crippen MR) is 53.6 cm³/mol. The number of hydrogen-bond donors (Lipinski definition) is 0. The van der Waals surface area contributed by atoms with Gasteiger partial charge in [0.1, 0.15) is 0 Å². The Kier molecular flexibility index (Phi) is 5.54. The maximum absolute atomic E-state index is 11.7. The topological polar surface area (TPSA) is 68.3 Å². The van der Waals surface area contributed by atoms with Gasteiger partial charge in [0, 0.05) is 5.88 Å². The highest BCUT2D eigenvalue weighted by Gasteiger charge is 2.35. The van der Waals surface area contributed by atoms with Gasteiger partial charge in [-0.05, 0) is 6.42 Å². The molecule has 0 aromatic carbocycles. The summed E-state index contributed by atoms with van der Waals surface area (Å²) < 4.78 is 79.6. The molecule has 0 fully saturated rings. The number of rotatable bonds is 6. The van der Waals surface area contributed by atoms with E-state index in [-0.39, 0.29) is 12.3 Å². The average Bonchev–Trinajstić information content (AvgIpc) is 2.10. The van der Waals surface area contributed by atoms with Gasteiger partial charge in [-0.2, -0.15) is 13.2 Å². The highest BCUT2D eigenvalue weighted by molar-refractivity contribution is 8.67. The molecule has 0 saturated carbocycles. The third-order valence-corrected chi connectivity index (χ3v) is 7.41. The summed E-state index contributed by atoms with van der Waals surface area (Å²) in [5.41, 5.74) is 0. The van der Waals surface area contributed by atoms with Crippen LogP contribution in [-0.2, 0) is 17.7 Å². The van der Waals surface area contributed by atoms with E-state index in [1.807, 2.05) is 0 Å². The van der Waals surface area contributed by atoms with E-state index in [0.717, 1.165) is 0 Å². The molecule has 0 aromatic rings. The quantitative estimate of drug-likeness (QED) is 0.548. The minimum absolute atomic E-state index is 0.0754. The molecule has 16 heavy (non-hydrogen) atoms. The van der Waals surface area contributed by atoms with E-state index in [0.29, 0.717) is 0 Å². The Morgan fingerprint density at radius 1 is 0.938 bits per heavy atom. The first-order valence-electron chi connectivity index (χ1n) is 4.10. The highest BCUT2D eigenvalue weighted by Crippen LogP contribution is 2.22. The van der Waals surface area contributed by atoms with Crippen molar-refractivity contribution in [1.82, 2.24) is 0 Å². The van der Waals surface area contributed by atoms with Crippen LogP contribution >= 0.6 is 11.6 Å². The van der Waals surface area contributed by atoms with Crippen molar-refractivity contribution < 1.29 is 30.0 Å². The van der Waals surface area contributed by atoms with Crippen LogP contribution in [0.1, 0.15) is 12.8 Å². The Labute approximate surface area is 96.0 Å². The van der Waals surface area contributed by atoms with Crippen molar-refractivity contribution in [3.05, 3.63) is 0 Å². The highest BCUT2D eigenvalue weighted by atomic mass is 35.5. The van der Waals surface area contributed by atoms with Crippen LogP contribution < -0.4 is 0 Å². The first-order valence-corrected chi connectivity index (χ1v) is 8.45. The molecule has 0 amide bonds. The zero-order chi connectivity index (χ0) is 13.0. The van der Waals surface area contributed by atoms with E-state index >= 15 is 0 Å². The van der Waals surface area contributed by atoms with Crippen molar-refractivity contribution in [2.24, 2.45) is 0 Å². The van der Waals surface area contributed by atoms with E-state index in [4.69, 9.17) is 11.6 Å². The summed E-state index contributed by atoms with van der Waals surface area (Å²) in [4.78, 5) is 0. The van der Waals surface area contributed by atoms with Gasteiger partial charge >= 0.3 is 6.18 Å². The summed E-state index contributed by atoms with van der Waals surface area (Å²) in [5.74, 6) is -2.27. The van der Waals surface area contributed by atoms with Gasteiger partial charge in [0.15, 0.2) is 0 Å². The maximum Gasteiger partial charge on any atom is 0.390 e. The fourth-order valence-electron chi connectivity index (χ4n) is 0.726. The smallest absolute Gasteiger partial charge is 0.213 e. The summed E-state index contributed by atoms with van der Waals surface area (Å²) in [6.07, 6.45) is -6.49. The van der Waals surface area contributed by atoms with Crippen LogP contribution in [0.15, 0.2) is 0 Å². The molecule has 0 aliphatic heterocycles. The Bertz CT molecular complexity index is 412. The molecule has 0 aliphatic carbocycles. The van der Waals surface area contributed by atoms with Crippen LogP contribution in [0, 0.1) is 0 Å². The fourth-order valence-corrected chi connectivity index (χ4v) is 4.63. The van der Waals surface area contributed by atoms with Gasteiger partial charge in [-0.1, -0.05) is 0 Å². The van der Waals surface area contributed by atoms with Crippen molar-refractivity contribution in [2.45, 2.75) is 19.0 Å². The van der Waals surface area contributed by atoms with E-state index in [9.17, 15) is 30.0 Å². The minimum Gasteiger partial charge on any atom is -0.213 e. The molecule has 4 nitrogen and oxygen atoms in total. The molecule has 0 rings (SSSR count). The molecule has 0 N–H and O–H groups in total. The summed E-state index contributed by atoms with van der Waals surface area (Å²) in [5, 5.41) is 0. The molecule has 0 radical (unpaired) electrons. The van der Waals surface area contributed by atoms with E-state index < -0.39 is 41.8 Å². The van der Waals surface area contributed by atoms with Crippen molar-refractivity contribution in [3.8, 4) is 0 Å². The maximum atomic E-state index is 11.7. The molecule has 0 aromatic heterocycles. The molecular weight excluding hydrogens is 293 g/mol. The number of hydrogen-bond acceptors (Lipinski definition) is 4. The Balaban J connectivity index is 4.68. The second-order valence-corrected chi connectivity index (χ2v) is 9.40. The lowest BCUT2D eigenvalue weighted by Crippen LogP contribution is -2.25. The van der Waals surface area contributed by atoms with E-state index in [2.05, 4.69) is 0 Å². The van der Waals surface area contributed by atoms with Crippen LogP contribution in [0.2, 0.25) is 0 Å². The second kappa shape index (κ2) is 5.54. The van der Waals surface area contributed by atoms with Gasteiger partial charge < -0.3 is 0 Å². The first-order chi connectivity index (χ1) is 7.02. The van der Waals surface area contributed by atoms with Gasteiger partial charge in [0.25, 0.3) is 17.7 Å². The largest absolute Gasteiger partial charge is 0.390 e. The van der Waals surface area contributed by atoms with Crippen molar-refractivity contribution >= 4 is 29.3 Å². The SMILES string of the molecule is O=S(=O)(CCCCl)S(=O)(=O)CCC(F)(F)F. The van der Waals surface area contributed by atoms with Gasteiger partial charge in [-0.15, -0.1) is 11.6 Å². The van der Waals surface area contributed by atoms with Crippen LogP contribution in [-0.4, -0.2) is 40.4 Å². The van der Waals surface area contributed by atoms with Gasteiger partial charge in [0.2, 0.25) is 0 Å². The minimum atomic E-state index is -4.77. The second-order valence-electron chi connectivity index (χ2n) is 2.93. The van der Waals surface area contributed by atoms with Gasteiger partial charge in [0.05, 0.1) is 17.9 Å². The van der Waals surface area contributed by atoms with Gasteiger partial charge in [-0.3, -0.25) is 0 Å². The summed E-state index contributed by atoms with van der Waals surface area (Å²) >= 11 is 5.17. The standard InChI is InChI=1S/C6H10ClF3O4S2/c7-3-1-4-15(11,12)16(13,14)5-2-6(8,9)10/h1-5H2. The third-order valence-electron chi connectivity index (χ3n) is 1.55. The molecule has 0 unspecified atom stereocenters. The van der Waals surface area contributed by atoms with Crippen LogP contribution in [0.3, 0.4) is 0 Å². The lowest BCUT2D eigenvalue weighted by Gasteiger charge is -2.07. The molecule has 0 bridgehead atoms. The van der Waals surface area contributed by atoms with Crippen LogP contribution in [0.25, 0.3) is 0 Å². The zero-order valence-electron chi connectivity index (χ0n) is 8.00. The molecule has 0 saturated heterocycles. The Morgan fingerprint density at radius 2 is 1.38 bits per heavy atom. The summed E-state index contributed by atoms with van der Waals surface area (Å²) in [7, 11) is -9.33. The van der Waals surface area contributed by atoms with Crippen molar-refractivity contribution in [2.75, 3.05) is 17.4 Å². The Morgan fingerprint density at radius 3 is 1.75 bits per heavy atom. The lowest BCUT2D eigenvalue weighted by molar-refractivity contribution is -0.129. The molecule has 0 atom stereocenters. The van der Waals surface area contributed by atoms with Crippen molar-refractivity contribution in [1.29, 1.82) is 0 Å². The van der Waals surface area contributed by atoms with Gasteiger partial charge in [-0.25, -0.2) is 16.8 Å². The molecule has 0 heterocycles.